The number of amidine groups is 1. The normalized spacial score (nSPS) is 14.7. The largest absolute Gasteiger partial charge is 0.378 e. The average molecular weight is 582 g/mol. The molecule has 0 bridgehead atoms. The number of H-pyrrole nitrogens is 1. The van der Waals surface area contributed by atoms with E-state index in [2.05, 4.69) is 53.2 Å². The van der Waals surface area contributed by atoms with Gasteiger partial charge in [-0.15, -0.1) is 0 Å². The van der Waals surface area contributed by atoms with Gasteiger partial charge in [-0.25, -0.2) is 0 Å². The molecule has 2 aromatic carbocycles. The summed E-state index contributed by atoms with van der Waals surface area (Å²) in [5.41, 5.74) is 6.14. The molecule has 8 heteroatoms. The van der Waals surface area contributed by atoms with E-state index >= 15 is 0 Å². The first-order valence-corrected chi connectivity index (χ1v) is 14.8. The van der Waals surface area contributed by atoms with Crippen LogP contribution in [0.5, 0.6) is 0 Å². The Balaban J connectivity index is 1.54. The summed E-state index contributed by atoms with van der Waals surface area (Å²) in [5.74, 6) is 0.701. The molecule has 0 saturated carbocycles. The van der Waals surface area contributed by atoms with Crippen LogP contribution in [0, 0.1) is 6.92 Å². The zero-order chi connectivity index (χ0) is 31.0. The first-order valence-electron chi connectivity index (χ1n) is 14.8. The summed E-state index contributed by atoms with van der Waals surface area (Å²) in [6.45, 7) is 13.4. The van der Waals surface area contributed by atoms with Gasteiger partial charge in [0.2, 0.25) is 0 Å². The fourth-order valence-electron chi connectivity index (χ4n) is 4.95. The second-order valence-corrected chi connectivity index (χ2v) is 11.6. The highest BCUT2D eigenvalue weighted by molar-refractivity contribution is 6.05. The number of nitrogens with one attached hydrogen (secondary N) is 3. The fraction of sp³-hybridized carbons (Fsp3) is 0.343. The molecule has 1 aliphatic heterocycles. The first-order chi connectivity index (χ1) is 20.6. The van der Waals surface area contributed by atoms with Crippen LogP contribution < -0.4 is 16.2 Å². The van der Waals surface area contributed by atoms with Crippen molar-refractivity contribution in [2.24, 2.45) is 4.99 Å². The molecule has 3 N–H and O–H groups in total. The third-order valence-corrected chi connectivity index (χ3v) is 7.49. The van der Waals surface area contributed by atoms with Gasteiger partial charge in [0.05, 0.1) is 13.2 Å². The van der Waals surface area contributed by atoms with Crippen LogP contribution in [0.2, 0.25) is 0 Å². The lowest BCUT2D eigenvalue weighted by Crippen LogP contribution is -2.40. The zero-order valence-corrected chi connectivity index (χ0v) is 26.1. The number of rotatable bonds is 8. The number of nitrogens with zero attached hydrogens (tertiary/aromatic N) is 2. The van der Waals surface area contributed by atoms with Crippen molar-refractivity contribution in [1.82, 2.24) is 9.88 Å². The monoisotopic (exact) mass is 581 g/mol. The zero-order valence-electron chi connectivity index (χ0n) is 26.1. The van der Waals surface area contributed by atoms with Gasteiger partial charge < -0.3 is 25.3 Å². The number of morpholine rings is 1. The maximum atomic E-state index is 13.1. The van der Waals surface area contributed by atoms with Gasteiger partial charge in [-0.3, -0.25) is 14.6 Å². The molecule has 0 atom stereocenters. The van der Waals surface area contributed by atoms with Gasteiger partial charge >= 0.3 is 0 Å². The molecule has 0 unspecified atom stereocenters. The molecule has 1 fully saturated rings. The topological polar surface area (TPSA) is 98.8 Å². The van der Waals surface area contributed by atoms with E-state index in [4.69, 9.17) is 4.74 Å². The Labute approximate surface area is 254 Å². The lowest BCUT2D eigenvalue weighted by Gasteiger charge is -2.28. The number of carbonyl (C=O) groups is 1. The number of aromatic nitrogens is 1. The Kier molecular flexibility index (Phi) is 10.4. The summed E-state index contributed by atoms with van der Waals surface area (Å²) in [5, 5.41) is 6.37. The number of anilines is 2. The molecule has 43 heavy (non-hydrogen) atoms. The Morgan fingerprint density at radius 3 is 2.42 bits per heavy atom. The Hall–Kier alpha value is -4.43. The summed E-state index contributed by atoms with van der Waals surface area (Å²) in [7, 11) is 1.78. The second-order valence-electron chi connectivity index (χ2n) is 11.6. The number of amides is 1. The van der Waals surface area contributed by atoms with Crippen LogP contribution in [0.4, 0.5) is 11.4 Å². The second kappa shape index (κ2) is 14.2. The van der Waals surface area contributed by atoms with Crippen molar-refractivity contribution in [3.63, 3.8) is 0 Å². The summed E-state index contributed by atoms with van der Waals surface area (Å²) >= 11 is 0. The summed E-state index contributed by atoms with van der Waals surface area (Å²) in [6.07, 6.45) is 8.44. The van der Waals surface area contributed by atoms with E-state index in [-0.39, 0.29) is 16.9 Å². The molecule has 0 radical (unpaired) electrons. The van der Waals surface area contributed by atoms with Gasteiger partial charge in [-0.1, -0.05) is 58.0 Å². The van der Waals surface area contributed by atoms with Crippen LogP contribution in [-0.4, -0.2) is 55.0 Å². The third kappa shape index (κ3) is 8.11. The molecule has 0 aliphatic carbocycles. The van der Waals surface area contributed by atoms with Gasteiger partial charge in [0, 0.05) is 48.8 Å². The van der Waals surface area contributed by atoms with E-state index in [1.54, 1.807) is 13.2 Å². The van der Waals surface area contributed by atoms with E-state index in [0.717, 1.165) is 47.7 Å². The van der Waals surface area contributed by atoms with Crippen LogP contribution in [0.25, 0.3) is 11.1 Å². The third-order valence-electron chi connectivity index (χ3n) is 7.49. The van der Waals surface area contributed by atoms with Gasteiger partial charge in [0.25, 0.3) is 11.5 Å². The molecule has 2 heterocycles. The van der Waals surface area contributed by atoms with Crippen molar-refractivity contribution in [1.29, 1.82) is 0 Å². The summed E-state index contributed by atoms with van der Waals surface area (Å²) in [6, 6.07) is 15.3. The number of hydrogen-bond acceptors (Lipinski definition) is 5. The fourth-order valence-corrected chi connectivity index (χ4v) is 4.95. The van der Waals surface area contributed by atoms with Gasteiger partial charge in [0.1, 0.15) is 11.5 Å². The van der Waals surface area contributed by atoms with Crippen molar-refractivity contribution in [3.05, 3.63) is 106 Å². The number of hydrogen-bond donors (Lipinski definition) is 3. The van der Waals surface area contributed by atoms with Gasteiger partial charge in [0.15, 0.2) is 0 Å². The average Bonchev–Trinajstić information content (AvgIpc) is 3.00. The maximum absolute atomic E-state index is 13.1. The Bertz CT molecular complexity index is 1570. The number of pyridine rings is 1. The van der Waals surface area contributed by atoms with Crippen LogP contribution >= 0.6 is 0 Å². The molecule has 1 aromatic heterocycles. The molecule has 1 saturated heterocycles. The Morgan fingerprint density at radius 2 is 1.77 bits per heavy atom. The number of allylic oxidation sites excluding steroid dienone is 2. The highest BCUT2D eigenvalue weighted by Crippen LogP contribution is 2.30. The highest BCUT2D eigenvalue weighted by Gasteiger charge is 2.16. The number of aromatic amines is 1. The number of benzene rings is 2. The maximum Gasteiger partial charge on any atom is 0.271 e. The van der Waals surface area contributed by atoms with Crippen molar-refractivity contribution in [3.8, 4) is 11.1 Å². The van der Waals surface area contributed by atoms with Crippen LogP contribution in [0.15, 0.2) is 88.4 Å². The van der Waals surface area contributed by atoms with Crippen molar-refractivity contribution in [2.75, 3.05) is 44.0 Å². The molecule has 8 nitrogen and oxygen atoms in total. The minimum Gasteiger partial charge on any atom is -0.378 e. The minimum atomic E-state index is -0.225. The standard InChI is InChI=1S/C35H43N5O3/c1-7-9-28(16-17-32(36-6)40-18-20-43-21-19-40)38-31-22-26(23-37-34(31)42)29-10-8-11-30(24(29)2)39-33(41)25-12-14-27(15-13-25)35(3,4)5/h8-17,22-23,38H,7,18-21H2,1-6H3,(H,37,42)(H,39,41)/b17-16-,28-9-,36-32?. The minimum absolute atomic E-state index is 0.0172. The predicted octanol–water partition coefficient (Wildman–Crippen LogP) is 6.52. The summed E-state index contributed by atoms with van der Waals surface area (Å²) < 4.78 is 5.46. The van der Waals surface area contributed by atoms with Gasteiger partial charge in [-0.2, -0.15) is 0 Å². The molecule has 1 amide bonds. The first kappa shape index (κ1) is 31.5. The molecule has 4 rings (SSSR count). The quantitative estimate of drug-likeness (QED) is 0.160. The van der Waals surface area contributed by atoms with E-state index in [0.29, 0.717) is 30.2 Å². The molecular weight excluding hydrogens is 538 g/mol. The Morgan fingerprint density at radius 1 is 1.05 bits per heavy atom. The molecule has 226 valence electrons. The smallest absolute Gasteiger partial charge is 0.271 e. The molecule has 3 aromatic rings. The van der Waals surface area contributed by atoms with Crippen molar-refractivity contribution in [2.45, 2.75) is 46.5 Å². The number of ether oxygens (including phenoxy) is 1. The van der Waals surface area contributed by atoms with Crippen LogP contribution in [0.3, 0.4) is 0 Å². The molecule has 1 aliphatic rings. The van der Waals surface area contributed by atoms with Gasteiger partial charge in [-0.05, 0) is 71.9 Å². The summed E-state index contributed by atoms with van der Waals surface area (Å²) in [4.78, 5) is 35.4. The van der Waals surface area contributed by atoms with E-state index in [1.807, 2.05) is 73.7 Å². The van der Waals surface area contributed by atoms with Crippen molar-refractivity contribution >= 4 is 23.1 Å². The SMILES string of the molecule is CC/C=C(/C=C\C(=NC)N1CCOCC1)Nc1cc(-c2cccc(NC(=O)c3ccc(C(C)(C)C)cc3)c2C)c[nH]c1=O. The number of aliphatic imine (C=N–C) groups is 1. The van der Waals surface area contributed by atoms with Crippen LogP contribution in [-0.2, 0) is 10.2 Å². The lowest BCUT2D eigenvalue weighted by molar-refractivity contribution is 0.0684. The molecular formula is C35H43N5O3. The van der Waals surface area contributed by atoms with E-state index in [1.165, 1.54) is 5.56 Å². The predicted molar refractivity (Wildman–Crippen MR) is 177 cm³/mol. The van der Waals surface area contributed by atoms with Crippen molar-refractivity contribution < 1.29 is 9.53 Å². The van der Waals surface area contributed by atoms with E-state index in [9.17, 15) is 9.59 Å². The lowest BCUT2D eigenvalue weighted by atomic mass is 9.86. The van der Waals surface area contributed by atoms with Crippen LogP contribution in [0.1, 0.15) is 55.6 Å². The highest BCUT2D eigenvalue weighted by atomic mass is 16.5. The molecule has 0 spiro atoms. The number of carbonyl (C=O) groups excluding carboxylic acids is 1. The van der Waals surface area contributed by atoms with E-state index < -0.39 is 0 Å².